The Balaban J connectivity index is 1.98. The number of likely N-dealkylation sites (tertiary alicyclic amines) is 1. The van der Waals surface area contributed by atoms with Crippen LogP contribution in [0.1, 0.15) is 46.5 Å². The van der Waals surface area contributed by atoms with Crippen molar-refractivity contribution in [2.75, 3.05) is 20.1 Å². The first-order valence-corrected chi connectivity index (χ1v) is 7.66. The molecule has 1 heterocycles. The van der Waals surface area contributed by atoms with Crippen LogP contribution in [-0.2, 0) is 0 Å². The topological polar surface area (TPSA) is 6.48 Å². The largest absolute Gasteiger partial charge is 0.299 e. The molecule has 0 spiro atoms. The molecule has 0 amide bonds. The second-order valence-corrected chi connectivity index (χ2v) is 6.71. The van der Waals surface area contributed by atoms with Crippen LogP contribution in [-0.4, -0.2) is 54.0 Å². The van der Waals surface area contributed by atoms with E-state index in [9.17, 15) is 8.78 Å². The molecular weight excluding hydrogens is 246 g/mol. The second-order valence-electron chi connectivity index (χ2n) is 6.71. The van der Waals surface area contributed by atoms with E-state index in [1.54, 1.807) is 6.92 Å². The van der Waals surface area contributed by atoms with E-state index in [1.165, 1.54) is 0 Å². The molecule has 1 aliphatic carbocycles. The van der Waals surface area contributed by atoms with Crippen LogP contribution >= 0.6 is 0 Å². The molecule has 0 bridgehead atoms. The van der Waals surface area contributed by atoms with E-state index < -0.39 is 11.8 Å². The molecule has 0 aromatic heterocycles. The van der Waals surface area contributed by atoms with Gasteiger partial charge in [-0.25, -0.2) is 8.78 Å². The molecule has 2 rings (SSSR count). The summed E-state index contributed by atoms with van der Waals surface area (Å²) in [5.41, 5.74) is 0. The SMILES string of the molecule is CC(C)N1CC[C@H](N(C)[C@H]2CCCC(F)(F)[C@@H]2C)C1. The Bertz CT molecular complexity index is 307. The molecule has 1 saturated heterocycles. The molecule has 2 aliphatic rings. The molecule has 2 nitrogen and oxygen atoms in total. The molecule has 4 heteroatoms. The van der Waals surface area contributed by atoms with Crippen LogP contribution in [0, 0.1) is 5.92 Å². The van der Waals surface area contributed by atoms with Crippen molar-refractivity contribution in [2.45, 2.75) is 70.5 Å². The van der Waals surface area contributed by atoms with Gasteiger partial charge in [-0.05, 0) is 40.2 Å². The number of alkyl halides is 2. The standard InChI is InChI=1S/C15H28F2N2/c1-11(2)19-9-7-13(10-19)18(4)14-6-5-8-15(16,17)12(14)3/h11-14H,5-10H2,1-4H3/t12-,13+,14+/m1/s1. The van der Waals surface area contributed by atoms with Crippen molar-refractivity contribution in [2.24, 2.45) is 5.92 Å². The van der Waals surface area contributed by atoms with Crippen molar-refractivity contribution in [1.82, 2.24) is 9.80 Å². The lowest BCUT2D eigenvalue weighted by Gasteiger charge is -2.43. The average molecular weight is 274 g/mol. The maximum atomic E-state index is 13.9. The van der Waals surface area contributed by atoms with E-state index in [2.05, 4.69) is 30.7 Å². The van der Waals surface area contributed by atoms with Crippen molar-refractivity contribution >= 4 is 0 Å². The Kier molecular flexibility index (Phi) is 4.51. The summed E-state index contributed by atoms with van der Waals surface area (Å²) >= 11 is 0. The van der Waals surface area contributed by atoms with Gasteiger partial charge in [-0.2, -0.15) is 0 Å². The van der Waals surface area contributed by atoms with Gasteiger partial charge >= 0.3 is 0 Å². The predicted molar refractivity (Wildman–Crippen MR) is 74.6 cm³/mol. The third-order valence-electron chi connectivity index (χ3n) is 5.28. The molecule has 112 valence electrons. The monoisotopic (exact) mass is 274 g/mol. The van der Waals surface area contributed by atoms with Crippen LogP contribution in [0.15, 0.2) is 0 Å². The summed E-state index contributed by atoms with van der Waals surface area (Å²) in [5, 5.41) is 0. The van der Waals surface area contributed by atoms with Gasteiger partial charge < -0.3 is 0 Å². The highest BCUT2D eigenvalue weighted by Crippen LogP contribution is 2.41. The van der Waals surface area contributed by atoms with Gasteiger partial charge in [-0.15, -0.1) is 0 Å². The molecular formula is C15H28F2N2. The van der Waals surface area contributed by atoms with Crippen molar-refractivity contribution in [1.29, 1.82) is 0 Å². The molecule has 1 aliphatic heterocycles. The van der Waals surface area contributed by atoms with Crippen molar-refractivity contribution < 1.29 is 8.78 Å². The molecule has 0 N–H and O–H groups in total. The summed E-state index contributed by atoms with van der Waals surface area (Å²) in [6.45, 7) is 8.28. The first-order valence-electron chi connectivity index (χ1n) is 7.66. The zero-order valence-electron chi connectivity index (χ0n) is 12.7. The minimum atomic E-state index is -2.48. The van der Waals surface area contributed by atoms with Gasteiger partial charge in [0.25, 0.3) is 5.92 Å². The number of rotatable bonds is 3. The zero-order valence-corrected chi connectivity index (χ0v) is 12.7. The van der Waals surface area contributed by atoms with Crippen molar-refractivity contribution in [3.63, 3.8) is 0 Å². The number of likely N-dealkylation sites (N-methyl/N-ethyl adjacent to an activating group) is 1. The van der Waals surface area contributed by atoms with E-state index in [1.807, 2.05) is 0 Å². The number of nitrogens with zero attached hydrogens (tertiary/aromatic N) is 2. The lowest BCUT2D eigenvalue weighted by molar-refractivity contribution is -0.113. The summed E-state index contributed by atoms with van der Waals surface area (Å²) in [6, 6.07) is 1.05. The summed E-state index contributed by atoms with van der Waals surface area (Å²) in [5.74, 6) is -2.99. The number of halogens is 2. The van der Waals surface area contributed by atoms with Gasteiger partial charge in [0.05, 0.1) is 0 Å². The third-order valence-corrected chi connectivity index (χ3v) is 5.28. The fourth-order valence-corrected chi connectivity index (χ4v) is 3.70. The first-order chi connectivity index (χ1) is 8.83. The molecule has 0 radical (unpaired) electrons. The minimum Gasteiger partial charge on any atom is -0.299 e. The van der Waals surface area contributed by atoms with E-state index in [0.717, 1.165) is 25.9 Å². The minimum absolute atomic E-state index is 0.0425. The van der Waals surface area contributed by atoms with E-state index >= 15 is 0 Å². The highest BCUT2D eigenvalue weighted by atomic mass is 19.3. The smallest absolute Gasteiger partial charge is 0.252 e. The third kappa shape index (κ3) is 3.10. The maximum Gasteiger partial charge on any atom is 0.252 e. The lowest BCUT2D eigenvalue weighted by atomic mass is 9.81. The molecule has 2 fully saturated rings. The van der Waals surface area contributed by atoms with Crippen molar-refractivity contribution in [3.8, 4) is 0 Å². The van der Waals surface area contributed by atoms with Gasteiger partial charge in [-0.3, -0.25) is 9.80 Å². The van der Waals surface area contributed by atoms with E-state index in [-0.39, 0.29) is 12.5 Å². The number of hydrogen-bond acceptors (Lipinski definition) is 2. The van der Waals surface area contributed by atoms with Crippen LogP contribution in [0.25, 0.3) is 0 Å². The molecule has 0 aromatic carbocycles. The van der Waals surface area contributed by atoms with Crippen LogP contribution in [0.3, 0.4) is 0 Å². The molecule has 3 atom stereocenters. The van der Waals surface area contributed by atoms with Gasteiger partial charge in [0, 0.05) is 43.6 Å². The number of hydrogen-bond donors (Lipinski definition) is 0. The van der Waals surface area contributed by atoms with Gasteiger partial charge in [0.1, 0.15) is 0 Å². The fraction of sp³-hybridized carbons (Fsp3) is 1.00. The van der Waals surface area contributed by atoms with Gasteiger partial charge in [0.2, 0.25) is 0 Å². The Morgan fingerprint density at radius 3 is 2.53 bits per heavy atom. The van der Waals surface area contributed by atoms with Crippen LogP contribution in [0.4, 0.5) is 8.78 Å². The normalized spacial score (nSPS) is 36.3. The van der Waals surface area contributed by atoms with Gasteiger partial charge in [-0.1, -0.05) is 6.92 Å². The Hall–Kier alpha value is -0.220. The summed E-state index contributed by atoms with van der Waals surface area (Å²) in [7, 11) is 2.05. The highest BCUT2D eigenvalue weighted by molar-refractivity contribution is 4.94. The quantitative estimate of drug-likeness (QED) is 0.779. The predicted octanol–water partition coefficient (Wildman–Crippen LogP) is 3.22. The van der Waals surface area contributed by atoms with Gasteiger partial charge in [0.15, 0.2) is 0 Å². The highest BCUT2D eigenvalue weighted by Gasteiger charge is 2.46. The fourth-order valence-electron chi connectivity index (χ4n) is 3.70. The first kappa shape index (κ1) is 15.2. The zero-order chi connectivity index (χ0) is 14.2. The maximum absolute atomic E-state index is 13.9. The Morgan fingerprint density at radius 2 is 1.95 bits per heavy atom. The molecule has 0 aromatic rings. The molecule has 0 unspecified atom stereocenters. The molecule has 19 heavy (non-hydrogen) atoms. The summed E-state index contributed by atoms with van der Waals surface area (Å²) in [4.78, 5) is 4.70. The molecule has 1 saturated carbocycles. The van der Waals surface area contributed by atoms with Crippen LogP contribution in [0.2, 0.25) is 0 Å². The second kappa shape index (κ2) is 5.65. The van der Waals surface area contributed by atoms with Crippen molar-refractivity contribution in [3.05, 3.63) is 0 Å². The Morgan fingerprint density at radius 1 is 1.26 bits per heavy atom. The van der Waals surface area contributed by atoms with E-state index in [0.29, 0.717) is 18.5 Å². The summed E-state index contributed by atoms with van der Waals surface area (Å²) < 4.78 is 27.7. The van der Waals surface area contributed by atoms with E-state index in [4.69, 9.17) is 0 Å². The van der Waals surface area contributed by atoms with Crippen LogP contribution < -0.4 is 0 Å². The average Bonchev–Trinajstić information content (AvgIpc) is 2.81. The summed E-state index contributed by atoms with van der Waals surface area (Å²) in [6.07, 6.45) is 2.77. The van der Waals surface area contributed by atoms with Crippen LogP contribution in [0.5, 0.6) is 0 Å². The Labute approximate surface area is 116 Å². The lowest BCUT2D eigenvalue weighted by Crippen LogP contribution is -2.51.